The number of H-pyrrole nitrogens is 1. The number of rotatable bonds is 3. The minimum Gasteiger partial charge on any atom is -0.347 e. The van der Waals surface area contributed by atoms with Crippen molar-refractivity contribution in [2.45, 2.75) is 19.4 Å². The lowest BCUT2D eigenvalue weighted by Gasteiger charge is -2.09. The second-order valence-electron chi connectivity index (χ2n) is 5.13. The van der Waals surface area contributed by atoms with Crippen LogP contribution in [0.5, 0.6) is 0 Å². The molecule has 0 unspecified atom stereocenters. The predicted molar refractivity (Wildman–Crippen MR) is 72.8 cm³/mol. The van der Waals surface area contributed by atoms with E-state index in [2.05, 4.69) is 25.2 Å². The van der Waals surface area contributed by atoms with Crippen molar-refractivity contribution >= 4 is 22.5 Å². The van der Waals surface area contributed by atoms with Crippen molar-refractivity contribution in [1.29, 1.82) is 0 Å². The summed E-state index contributed by atoms with van der Waals surface area (Å²) in [5, 5.41) is 14.6. The molecule has 0 saturated heterocycles. The van der Waals surface area contributed by atoms with Gasteiger partial charge < -0.3 is 4.57 Å². The first kappa shape index (κ1) is 11.8. The van der Waals surface area contributed by atoms with Gasteiger partial charge in [-0.2, -0.15) is 5.21 Å². The number of aromatic nitrogens is 5. The Bertz CT molecular complexity index is 776. The second-order valence-corrected chi connectivity index (χ2v) is 5.54. The average molecular weight is 292 g/mol. The van der Waals surface area contributed by atoms with E-state index in [1.54, 1.807) is 6.07 Å². The summed E-state index contributed by atoms with van der Waals surface area (Å²) in [5.74, 6) is 0.407. The number of tetrazole rings is 1. The first-order valence-corrected chi connectivity index (χ1v) is 6.82. The third-order valence-electron chi connectivity index (χ3n) is 3.66. The molecule has 0 aliphatic heterocycles. The number of fused-ring (bicyclic) bond motifs is 1. The summed E-state index contributed by atoms with van der Waals surface area (Å²) in [6, 6.07) is 3.58. The fraction of sp³-hybridized carbons (Fsp3) is 0.308. The summed E-state index contributed by atoms with van der Waals surface area (Å²) in [5.41, 5.74) is 1.09. The van der Waals surface area contributed by atoms with Crippen molar-refractivity contribution in [3.05, 3.63) is 29.2 Å². The SMILES string of the molecule is Fc1c(Cl)cc2ccn(CC3CC3)c2c1-c1nn[nH]n1. The van der Waals surface area contributed by atoms with E-state index in [0.29, 0.717) is 11.5 Å². The first-order valence-electron chi connectivity index (χ1n) is 6.44. The van der Waals surface area contributed by atoms with Gasteiger partial charge in [0.15, 0.2) is 5.82 Å². The molecule has 0 spiro atoms. The van der Waals surface area contributed by atoms with E-state index >= 15 is 0 Å². The fourth-order valence-corrected chi connectivity index (χ4v) is 2.73. The Labute approximate surface area is 118 Å². The van der Waals surface area contributed by atoms with Crippen molar-refractivity contribution in [2.75, 3.05) is 0 Å². The quantitative estimate of drug-likeness (QED) is 0.807. The summed E-state index contributed by atoms with van der Waals surface area (Å²) >= 11 is 5.97. The van der Waals surface area contributed by atoms with Crippen LogP contribution in [0.2, 0.25) is 5.02 Å². The van der Waals surface area contributed by atoms with Gasteiger partial charge in [-0.05, 0) is 36.1 Å². The molecule has 1 saturated carbocycles. The lowest BCUT2D eigenvalue weighted by atomic mass is 10.1. The van der Waals surface area contributed by atoms with E-state index in [4.69, 9.17) is 11.6 Å². The molecule has 5 nitrogen and oxygen atoms in total. The first-order chi connectivity index (χ1) is 9.74. The highest BCUT2D eigenvalue weighted by Gasteiger charge is 2.25. The number of nitrogens with zero attached hydrogens (tertiary/aromatic N) is 4. The van der Waals surface area contributed by atoms with Crippen molar-refractivity contribution in [3.63, 3.8) is 0 Å². The minimum absolute atomic E-state index is 0.0708. The van der Waals surface area contributed by atoms with Crippen molar-refractivity contribution in [3.8, 4) is 11.4 Å². The monoisotopic (exact) mass is 291 g/mol. The number of hydrogen-bond acceptors (Lipinski definition) is 3. The number of nitrogens with one attached hydrogen (secondary N) is 1. The molecule has 20 heavy (non-hydrogen) atoms. The lowest BCUT2D eigenvalue weighted by molar-refractivity contribution is 0.624. The molecule has 7 heteroatoms. The zero-order chi connectivity index (χ0) is 13.7. The molecule has 1 aliphatic rings. The van der Waals surface area contributed by atoms with E-state index in [0.717, 1.165) is 17.4 Å². The summed E-state index contributed by atoms with van der Waals surface area (Å²) < 4.78 is 16.5. The summed E-state index contributed by atoms with van der Waals surface area (Å²) in [4.78, 5) is 0. The molecule has 2 aromatic heterocycles. The standard InChI is InChI=1S/C13H11ClFN5/c14-9-5-8-3-4-20(6-7-1-2-7)12(8)10(11(9)15)13-16-18-19-17-13/h3-5,7H,1-2,6H2,(H,16,17,18,19). The Morgan fingerprint density at radius 1 is 1.45 bits per heavy atom. The van der Waals surface area contributed by atoms with Crippen LogP contribution >= 0.6 is 11.6 Å². The van der Waals surface area contributed by atoms with Crippen LogP contribution in [0.4, 0.5) is 4.39 Å². The van der Waals surface area contributed by atoms with Gasteiger partial charge in [0.2, 0.25) is 5.82 Å². The van der Waals surface area contributed by atoms with Gasteiger partial charge in [-0.15, -0.1) is 10.2 Å². The van der Waals surface area contributed by atoms with Gasteiger partial charge in [-0.25, -0.2) is 4.39 Å². The third-order valence-corrected chi connectivity index (χ3v) is 3.94. The number of aromatic amines is 1. The molecular formula is C13H11ClFN5. The lowest BCUT2D eigenvalue weighted by Crippen LogP contribution is -2.01. The van der Waals surface area contributed by atoms with Gasteiger partial charge in [-0.1, -0.05) is 11.6 Å². The Morgan fingerprint density at radius 2 is 2.30 bits per heavy atom. The molecule has 1 aliphatic carbocycles. The van der Waals surface area contributed by atoms with Crippen LogP contribution in [0.15, 0.2) is 18.3 Å². The van der Waals surface area contributed by atoms with Gasteiger partial charge in [0, 0.05) is 18.1 Å². The van der Waals surface area contributed by atoms with Crippen LogP contribution < -0.4 is 0 Å². The number of hydrogen-bond donors (Lipinski definition) is 1. The molecule has 0 radical (unpaired) electrons. The second kappa shape index (κ2) is 4.28. The fourth-order valence-electron chi connectivity index (χ4n) is 2.52. The Kier molecular flexibility index (Phi) is 2.53. The minimum atomic E-state index is -0.503. The molecule has 0 bridgehead atoms. The normalized spacial score (nSPS) is 15.1. The molecule has 1 N–H and O–H groups in total. The summed E-state index contributed by atoms with van der Waals surface area (Å²) in [6.07, 6.45) is 4.42. The maximum atomic E-state index is 14.4. The van der Waals surface area contributed by atoms with Crippen LogP contribution in [0.3, 0.4) is 0 Å². The van der Waals surface area contributed by atoms with Crippen molar-refractivity contribution in [2.24, 2.45) is 5.92 Å². The van der Waals surface area contributed by atoms with Gasteiger partial charge in [0.1, 0.15) is 0 Å². The number of halogens is 2. The van der Waals surface area contributed by atoms with E-state index in [9.17, 15) is 4.39 Å². The van der Waals surface area contributed by atoms with Gasteiger partial charge in [0.25, 0.3) is 0 Å². The van der Waals surface area contributed by atoms with Crippen LogP contribution in [0.1, 0.15) is 12.8 Å². The Balaban J connectivity index is 2.01. The molecular weight excluding hydrogens is 281 g/mol. The third kappa shape index (κ3) is 1.79. The molecule has 102 valence electrons. The van der Waals surface area contributed by atoms with E-state index < -0.39 is 5.82 Å². The smallest absolute Gasteiger partial charge is 0.209 e. The highest BCUT2D eigenvalue weighted by Crippen LogP contribution is 2.37. The van der Waals surface area contributed by atoms with Crippen LogP contribution in [-0.4, -0.2) is 25.2 Å². The van der Waals surface area contributed by atoms with Crippen LogP contribution in [0.25, 0.3) is 22.3 Å². The van der Waals surface area contributed by atoms with Gasteiger partial charge in [0.05, 0.1) is 16.1 Å². The zero-order valence-corrected chi connectivity index (χ0v) is 11.2. The van der Waals surface area contributed by atoms with Gasteiger partial charge in [-0.3, -0.25) is 0 Å². The molecule has 4 rings (SSSR count). The highest BCUT2D eigenvalue weighted by molar-refractivity contribution is 6.32. The Morgan fingerprint density at radius 3 is 3.00 bits per heavy atom. The van der Waals surface area contributed by atoms with Crippen LogP contribution in [0, 0.1) is 11.7 Å². The van der Waals surface area contributed by atoms with Crippen LogP contribution in [-0.2, 0) is 6.54 Å². The molecule has 1 fully saturated rings. The maximum absolute atomic E-state index is 14.4. The topological polar surface area (TPSA) is 59.4 Å². The van der Waals surface area contributed by atoms with E-state index in [-0.39, 0.29) is 10.8 Å². The molecule has 0 atom stereocenters. The average Bonchev–Trinajstić information content (AvgIpc) is 2.93. The molecule has 1 aromatic carbocycles. The predicted octanol–water partition coefficient (Wildman–Crippen LogP) is 3.02. The van der Waals surface area contributed by atoms with Gasteiger partial charge >= 0.3 is 0 Å². The van der Waals surface area contributed by atoms with E-state index in [1.165, 1.54) is 12.8 Å². The molecule has 2 heterocycles. The number of benzene rings is 1. The zero-order valence-electron chi connectivity index (χ0n) is 10.5. The van der Waals surface area contributed by atoms with E-state index in [1.807, 2.05) is 12.3 Å². The Hall–Kier alpha value is -1.95. The summed E-state index contributed by atoms with van der Waals surface area (Å²) in [7, 11) is 0. The molecule has 0 amide bonds. The highest BCUT2D eigenvalue weighted by atomic mass is 35.5. The van der Waals surface area contributed by atoms with Crippen molar-refractivity contribution in [1.82, 2.24) is 25.2 Å². The maximum Gasteiger partial charge on any atom is 0.209 e. The van der Waals surface area contributed by atoms with Crippen molar-refractivity contribution < 1.29 is 4.39 Å². The summed E-state index contributed by atoms with van der Waals surface area (Å²) in [6.45, 7) is 0.884. The molecule has 3 aromatic rings. The largest absolute Gasteiger partial charge is 0.347 e.